The number of benzene rings is 1. The lowest BCUT2D eigenvalue weighted by Gasteiger charge is -1.99. The van der Waals surface area contributed by atoms with Crippen molar-refractivity contribution in [2.75, 3.05) is 0 Å². The van der Waals surface area contributed by atoms with Gasteiger partial charge in [0.1, 0.15) is 5.69 Å². The second-order valence-corrected chi connectivity index (χ2v) is 5.19. The van der Waals surface area contributed by atoms with Crippen LogP contribution in [0.25, 0.3) is 23.0 Å². The second-order valence-electron chi connectivity index (χ2n) is 4.34. The molecule has 0 amide bonds. The summed E-state index contributed by atoms with van der Waals surface area (Å²) in [5.41, 5.74) is 1.88. The number of hydrogen-bond donors (Lipinski definition) is 2. The van der Waals surface area contributed by atoms with Crippen LogP contribution in [-0.2, 0) is 0 Å². The Balaban J connectivity index is 2.04. The molecule has 3 rings (SSSR count). The maximum Gasteiger partial charge on any atom is 0.356 e. The Kier molecular flexibility index (Phi) is 3.30. The summed E-state index contributed by atoms with van der Waals surface area (Å²) in [6.45, 7) is 1.97. The van der Waals surface area contributed by atoms with Gasteiger partial charge in [0.25, 0.3) is 5.89 Å². The first-order chi connectivity index (χ1) is 10.1. The first kappa shape index (κ1) is 13.5. The minimum atomic E-state index is -1.16. The van der Waals surface area contributed by atoms with Crippen molar-refractivity contribution in [3.8, 4) is 23.0 Å². The lowest BCUT2D eigenvalue weighted by molar-refractivity contribution is 0.0691. The van der Waals surface area contributed by atoms with E-state index in [2.05, 4.69) is 36.0 Å². The molecule has 2 heterocycles. The van der Waals surface area contributed by atoms with E-state index in [0.717, 1.165) is 15.6 Å². The summed E-state index contributed by atoms with van der Waals surface area (Å²) in [7, 11) is 0. The van der Waals surface area contributed by atoms with Crippen LogP contribution in [0.3, 0.4) is 0 Å². The number of carboxylic acids is 1. The molecule has 8 heteroatoms. The largest absolute Gasteiger partial charge is 0.476 e. The minimum absolute atomic E-state index is 0.0763. The fourth-order valence-electron chi connectivity index (χ4n) is 1.86. The Morgan fingerprint density at radius 1 is 1.43 bits per heavy atom. The van der Waals surface area contributed by atoms with E-state index in [-0.39, 0.29) is 17.3 Å². The van der Waals surface area contributed by atoms with Crippen molar-refractivity contribution in [1.29, 1.82) is 0 Å². The van der Waals surface area contributed by atoms with Crippen LogP contribution in [0.1, 0.15) is 16.1 Å². The van der Waals surface area contributed by atoms with Crippen LogP contribution in [0, 0.1) is 6.92 Å². The standard InChI is InChI=1S/C13H9BrN4O3/c1-6-2-3-7(8(14)4-6)11-17-12(21-18-11)9-10(13(19)20)16-5-15-9/h2-5H,1H3,(H,15,16)(H,19,20). The van der Waals surface area contributed by atoms with Crippen molar-refractivity contribution in [2.24, 2.45) is 0 Å². The van der Waals surface area contributed by atoms with Crippen molar-refractivity contribution in [3.05, 3.63) is 40.3 Å². The van der Waals surface area contributed by atoms with Gasteiger partial charge in [-0.15, -0.1) is 0 Å². The molecule has 0 atom stereocenters. The number of rotatable bonds is 3. The first-order valence-corrected chi connectivity index (χ1v) is 6.73. The number of nitrogens with one attached hydrogen (secondary N) is 1. The number of H-pyrrole nitrogens is 1. The molecule has 0 fully saturated rings. The van der Waals surface area contributed by atoms with E-state index < -0.39 is 5.97 Å². The first-order valence-electron chi connectivity index (χ1n) is 5.93. The molecule has 0 radical (unpaired) electrons. The third-order valence-corrected chi connectivity index (χ3v) is 3.50. The summed E-state index contributed by atoms with van der Waals surface area (Å²) < 4.78 is 5.95. The molecule has 0 aliphatic heterocycles. The van der Waals surface area contributed by atoms with Crippen molar-refractivity contribution in [1.82, 2.24) is 20.1 Å². The molecule has 7 nitrogen and oxygen atoms in total. The molecule has 0 saturated heterocycles. The highest BCUT2D eigenvalue weighted by Crippen LogP contribution is 2.29. The lowest BCUT2D eigenvalue weighted by Crippen LogP contribution is -1.99. The Hall–Kier alpha value is -2.48. The Labute approximate surface area is 127 Å². The third kappa shape index (κ3) is 2.45. The molecule has 0 aliphatic rings. The quantitative estimate of drug-likeness (QED) is 0.753. The number of aryl methyl sites for hydroxylation is 1. The van der Waals surface area contributed by atoms with Gasteiger partial charge < -0.3 is 14.6 Å². The monoisotopic (exact) mass is 348 g/mol. The second kappa shape index (κ2) is 5.13. The average Bonchev–Trinajstić information content (AvgIpc) is 3.06. The smallest absolute Gasteiger partial charge is 0.356 e. The van der Waals surface area contributed by atoms with E-state index in [4.69, 9.17) is 9.63 Å². The summed E-state index contributed by atoms with van der Waals surface area (Å²) in [6.07, 6.45) is 1.27. The molecule has 2 N–H and O–H groups in total. The molecular formula is C13H9BrN4O3. The summed E-state index contributed by atoms with van der Waals surface area (Å²) in [5, 5.41) is 12.9. The van der Waals surface area contributed by atoms with Crippen molar-refractivity contribution < 1.29 is 14.4 Å². The number of hydrogen-bond acceptors (Lipinski definition) is 5. The van der Waals surface area contributed by atoms with Gasteiger partial charge in [-0.25, -0.2) is 9.78 Å². The number of carboxylic acid groups (broad SMARTS) is 1. The van der Waals surface area contributed by atoms with Gasteiger partial charge in [-0.05, 0) is 24.6 Å². The SMILES string of the molecule is Cc1ccc(-c2noc(-c3[nH]cnc3C(=O)O)n2)c(Br)c1. The number of imidazole rings is 1. The number of aromatic carboxylic acids is 1. The van der Waals surface area contributed by atoms with E-state index in [1.54, 1.807) is 0 Å². The van der Waals surface area contributed by atoms with E-state index in [1.165, 1.54) is 6.33 Å². The average molecular weight is 349 g/mol. The molecular weight excluding hydrogens is 340 g/mol. The van der Waals surface area contributed by atoms with Crippen molar-refractivity contribution in [2.45, 2.75) is 6.92 Å². The fraction of sp³-hybridized carbons (Fsp3) is 0.0769. The molecule has 21 heavy (non-hydrogen) atoms. The predicted molar refractivity (Wildman–Crippen MR) is 76.7 cm³/mol. The van der Waals surface area contributed by atoms with Gasteiger partial charge in [0.2, 0.25) is 5.82 Å². The number of halogens is 1. The predicted octanol–water partition coefficient (Wildman–Crippen LogP) is 2.90. The fourth-order valence-corrected chi connectivity index (χ4v) is 2.53. The van der Waals surface area contributed by atoms with Crippen LogP contribution in [0.5, 0.6) is 0 Å². The summed E-state index contributed by atoms with van der Waals surface area (Å²) in [6, 6.07) is 5.72. The van der Waals surface area contributed by atoms with Crippen molar-refractivity contribution >= 4 is 21.9 Å². The molecule has 0 unspecified atom stereocenters. The lowest BCUT2D eigenvalue weighted by atomic mass is 10.1. The molecule has 0 saturated carbocycles. The number of carbonyl (C=O) groups is 1. The van der Waals surface area contributed by atoms with E-state index in [9.17, 15) is 4.79 Å². The van der Waals surface area contributed by atoms with E-state index in [0.29, 0.717) is 5.82 Å². The van der Waals surface area contributed by atoms with Crippen LogP contribution in [-0.4, -0.2) is 31.2 Å². The van der Waals surface area contributed by atoms with E-state index >= 15 is 0 Å². The molecule has 2 aromatic heterocycles. The van der Waals surface area contributed by atoms with E-state index in [1.807, 2.05) is 25.1 Å². The molecule has 0 bridgehead atoms. The maximum absolute atomic E-state index is 11.0. The Morgan fingerprint density at radius 3 is 2.95 bits per heavy atom. The van der Waals surface area contributed by atoms with Gasteiger partial charge in [-0.1, -0.05) is 27.2 Å². The Morgan fingerprint density at radius 2 is 2.24 bits per heavy atom. The summed E-state index contributed by atoms with van der Waals surface area (Å²) in [4.78, 5) is 21.7. The minimum Gasteiger partial charge on any atom is -0.476 e. The highest BCUT2D eigenvalue weighted by atomic mass is 79.9. The number of nitrogens with zero attached hydrogens (tertiary/aromatic N) is 3. The Bertz CT molecular complexity index is 824. The van der Waals surface area contributed by atoms with Crippen LogP contribution >= 0.6 is 15.9 Å². The van der Waals surface area contributed by atoms with Gasteiger partial charge in [0.05, 0.1) is 6.33 Å². The molecule has 0 spiro atoms. The third-order valence-electron chi connectivity index (χ3n) is 2.85. The molecule has 1 aromatic carbocycles. The van der Waals surface area contributed by atoms with Crippen molar-refractivity contribution in [3.63, 3.8) is 0 Å². The van der Waals surface area contributed by atoms with Crippen LogP contribution in [0.4, 0.5) is 0 Å². The normalized spacial score (nSPS) is 10.8. The molecule has 3 aromatic rings. The van der Waals surface area contributed by atoms with Gasteiger partial charge in [0, 0.05) is 10.0 Å². The highest BCUT2D eigenvalue weighted by Gasteiger charge is 2.21. The van der Waals surface area contributed by atoms with Crippen LogP contribution < -0.4 is 0 Å². The topological polar surface area (TPSA) is 105 Å². The number of aromatic amines is 1. The van der Waals surface area contributed by atoms with Crippen LogP contribution in [0.15, 0.2) is 33.5 Å². The van der Waals surface area contributed by atoms with Gasteiger partial charge in [-0.3, -0.25) is 0 Å². The van der Waals surface area contributed by atoms with Gasteiger partial charge >= 0.3 is 5.97 Å². The zero-order chi connectivity index (χ0) is 15.0. The maximum atomic E-state index is 11.0. The molecule has 0 aliphatic carbocycles. The van der Waals surface area contributed by atoms with Gasteiger partial charge in [0.15, 0.2) is 5.69 Å². The zero-order valence-corrected chi connectivity index (χ0v) is 12.4. The zero-order valence-electron chi connectivity index (χ0n) is 10.8. The highest BCUT2D eigenvalue weighted by molar-refractivity contribution is 9.10. The summed E-state index contributed by atoms with van der Waals surface area (Å²) in [5.74, 6) is -0.724. The summed E-state index contributed by atoms with van der Waals surface area (Å²) >= 11 is 3.44. The number of aromatic nitrogens is 4. The van der Waals surface area contributed by atoms with Gasteiger partial charge in [-0.2, -0.15) is 4.98 Å². The van der Waals surface area contributed by atoms with Crippen LogP contribution in [0.2, 0.25) is 0 Å². The molecule has 106 valence electrons.